The number of hydrogen-bond acceptors (Lipinski definition) is 5. The number of fused-ring (bicyclic) bond motifs is 1. The maximum absolute atomic E-state index is 6.23. The molecular weight excluding hydrogens is 410 g/mol. The van der Waals surface area contributed by atoms with Crippen LogP contribution in [0.5, 0.6) is 0 Å². The van der Waals surface area contributed by atoms with Gasteiger partial charge in [-0.15, -0.1) is 0 Å². The van der Waals surface area contributed by atoms with Gasteiger partial charge in [0.25, 0.3) is 0 Å². The van der Waals surface area contributed by atoms with Crippen LogP contribution >= 0.6 is 0 Å². The van der Waals surface area contributed by atoms with Gasteiger partial charge in [-0.2, -0.15) is 0 Å². The molecule has 5 nitrogen and oxygen atoms in total. The molecule has 2 fully saturated rings. The molecular formula is C28H39N3O2. The SMILES string of the molecule is c1ccc(CN2CCC(OCCCCc3ccc4c(n3)NCCC4)C2)c(COC2CCC2)c1. The van der Waals surface area contributed by atoms with E-state index in [9.17, 15) is 0 Å². The van der Waals surface area contributed by atoms with Gasteiger partial charge in [0.05, 0.1) is 18.8 Å². The molecule has 0 spiro atoms. The number of ether oxygens (including phenoxy) is 2. The fraction of sp³-hybridized carbons (Fsp3) is 0.607. The Morgan fingerprint density at radius 2 is 1.85 bits per heavy atom. The van der Waals surface area contributed by atoms with Gasteiger partial charge < -0.3 is 14.8 Å². The molecule has 5 heteroatoms. The number of hydrogen-bond donors (Lipinski definition) is 1. The summed E-state index contributed by atoms with van der Waals surface area (Å²) >= 11 is 0. The molecule has 178 valence electrons. The van der Waals surface area contributed by atoms with Gasteiger partial charge in [0.2, 0.25) is 0 Å². The molecule has 1 aromatic heterocycles. The molecule has 1 aromatic carbocycles. The molecule has 1 unspecified atom stereocenters. The van der Waals surface area contributed by atoms with Crippen LogP contribution in [0.3, 0.4) is 0 Å². The van der Waals surface area contributed by atoms with E-state index in [0.29, 0.717) is 12.2 Å². The Morgan fingerprint density at radius 3 is 2.73 bits per heavy atom. The fourth-order valence-electron chi connectivity index (χ4n) is 5.08. The first-order valence-corrected chi connectivity index (χ1v) is 13.1. The second kappa shape index (κ2) is 11.5. The minimum atomic E-state index is 0.370. The van der Waals surface area contributed by atoms with Crippen LogP contribution in [-0.4, -0.2) is 48.3 Å². The molecule has 2 aliphatic heterocycles. The Bertz CT molecular complexity index is 898. The summed E-state index contributed by atoms with van der Waals surface area (Å²) < 4.78 is 12.3. The third-order valence-corrected chi connectivity index (χ3v) is 7.40. The summed E-state index contributed by atoms with van der Waals surface area (Å²) in [6.45, 7) is 5.82. The Balaban J connectivity index is 0.997. The second-order valence-electron chi connectivity index (χ2n) is 9.95. The van der Waals surface area contributed by atoms with E-state index in [1.165, 1.54) is 48.1 Å². The number of aryl methyl sites for hydroxylation is 2. The normalized spacial score (nSPS) is 20.9. The molecule has 1 saturated carbocycles. The molecule has 2 aromatic rings. The summed E-state index contributed by atoms with van der Waals surface area (Å²) in [5.74, 6) is 1.11. The van der Waals surface area contributed by atoms with E-state index in [0.717, 1.165) is 77.3 Å². The standard InChI is InChI=1S/C28H39N3O2/c1-2-8-24(21-33-26-11-5-12-26)23(7-1)19-31-17-15-27(20-31)32-18-4-3-10-25-14-13-22-9-6-16-29-28(22)30-25/h1-2,7-8,13-14,26-27H,3-6,9-12,15-21H2,(H,29,30). The third kappa shape index (κ3) is 6.34. The Hall–Kier alpha value is -1.95. The van der Waals surface area contributed by atoms with Gasteiger partial charge in [0, 0.05) is 38.5 Å². The van der Waals surface area contributed by atoms with E-state index in [1.807, 2.05) is 0 Å². The molecule has 1 N–H and O–H groups in total. The first-order valence-electron chi connectivity index (χ1n) is 13.1. The van der Waals surface area contributed by atoms with Crippen molar-refractivity contribution >= 4 is 5.82 Å². The Kier molecular flexibility index (Phi) is 7.92. The quantitative estimate of drug-likeness (QED) is 0.482. The summed E-state index contributed by atoms with van der Waals surface area (Å²) in [7, 11) is 0. The van der Waals surface area contributed by atoms with E-state index in [4.69, 9.17) is 14.5 Å². The molecule has 0 amide bonds. The van der Waals surface area contributed by atoms with Crippen molar-refractivity contribution in [1.82, 2.24) is 9.88 Å². The topological polar surface area (TPSA) is 46.6 Å². The molecule has 0 bridgehead atoms. The number of benzene rings is 1. The second-order valence-corrected chi connectivity index (χ2v) is 9.95. The summed E-state index contributed by atoms with van der Waals surface area (Å²) in [6.07, 6.45) is 11.4. The number of rotatable bonds is 11. The minimum absolute atomic E-state index is 0.370. The predicted octanol–water partition coefficient (Wildman–Crippen LogP) is 5.12. The highest BCUT2D eigenvalue weighted by Crippen LogP contribution is 2.25. The molecule has 1 saturated heterocycles. The number of nitrogens with zero attached hydrogens (tertiary/aromatic N) is 2. The maximum atomic E-state index is 6.23. The summed E-state index contributed by atoms with van der Waals surface area (Å²) in [5.41, 5.74) is 5.33. The van der Waals surface area contributed by atoms with Crippen molar-refractivity contribution in [2.75, 3.05) is 31.6 Å². The first-order chi connectivity index (χ1) is 16.3. The maximum Gasteiger partial charge on any atom is 0.129 e. The molecule has 3 heterocycles. The highest BCUT2D eigenvalue weighted by Gasteiger charge is 2.24. The Labute approximate surface area is 198 Å². The van der Waals surface area contributed by atoms with Gasteiger partial charge in [0.15, 0.2) is 0 Å². The van der Waals surface area contributed by atoms with Crippen molar-refractivity contribution in [2.24, 2.45) is 0 Å². The van der Waals surface area contributed by atoms with Gasteiger partial charge >= 0.3 is 0 Å². The van der Waals surface area contributed by atoms with Crippen LogP contribution in [0.2, 0.25) is 0 Å². The minimum Gasteiger partial charge on any atom is -0.377 e. The lowest BCUT2D eigenvalue weighted by Gasteiger charge is -2.26. The van der Waals surface area contributed by atoms with Crippen LogP contribution in [0.25, 0.3) is 0 Å². The van der Waals surface area contributed by atoms with Crippen LogP contribution in [0.1, 0.15) is 67.3 Å². The van der Waals surface area contributed by atoms with Gasteiger partial charge in [-0.25, -0.2) is 4.98 Å². The zero-order valence-corrected chi connectivity index (χ0v) is 19.9. The highest BCUT2D eigenvalue weighted by molar-refractivity contribution is 5.47. The van der Waals surface area contributed by atoms with E-state index in [1.54, 1.807) is 0 Å². The van der Waals surface area contributed by atoms with Crippen molar-refractivity contribution in [3.8, 4) is 0 Å². The van der Waals surface area contributed by atoms with E-state index >= 15 is 0 Å². The van der Waals surface area contributed by atoms with Gasteiger partial charge in [-0.1, -0.05) is 30.3 Å². The number of nitrogens with one attached hydrogen (secondary N) is 1. The zero-order chi connectivity index (χ0) is 22.3. The third-order valence-electron chi connectivity index (χ3n) is 7.40. The van der Waals surface area contributed by atoms with Crippen LogP contribution in [0.15, 0.2) is 36.4 Å². The number of likely N-dealkylation sites (tertiary alicyclic amines) is 1. The smallest absolute Gasteiger partial charge is 0.129 e. The van der Waals surface area contributed by atoms with Crippen LogP contribution in [0, 0.1) is 0 Å². The molecule has 5 rings (SSSR count). The summed E-state index contributed by atoms with van der Waals surface area (Å²) in [5, 5.41) is 3.44. The van der Waals surface area contributed by atoms with Crippen molar-refractivity contribution in [3.05, 3.63) is 58.8 Å². The van der Waals surface area contributed by atoms with Crippen molar-refractivity contribution in [3.63, 3.8) is 0 Å². The molecule has 33 heavy (non-hydrogen) atoms. The zero-order valence-electron chi connectivity index (χ0n) is 19.9. The van der Waals surface area contributed by atoms with E-state index in [2.05, 4.69) is 46.6 Å². The lowest BCUT2D eigenvalue weighted by atomic mass is 9.96. The van der Waals surface area contributed by atoms with Gasteiger partial charge in [0.1, 0.15) is 5.82 Å². The van der Waals surface area contributed by atoms with Crippen LogP contribution in [-0.2, 0) is 35.5 Å². The van der Waals surface area contributed by atoms with Crippen molar-refractivity contribution in [2.45, 2.75) is 83.1 Å². The number of unbranched alkanes of at least 4 members (excludes halogenated alkanes) is 1. The molecule has 0 radical (unpaired) electrons. The lowest BCUT2D eigenvalue weighted by Crippen LogP contribution is -2.24. The molecule has 3 aliphatic rings. The number of aromatic nitrogens is 1. The van der Waals surface area contributed by atoms with E-state index in [-0.39, 0.29) is 0 Å². The van der Waals surface area contributed by atoms with E-state index < -0.39 is 0 Å². The predicted molar refractivity (Wildman–Crippen MR) is 132 cm³/mol. The van der Waals surface area contributed by atoms with Crippen LogP contribution in [0.4, 0.5) is 5.82 Å². The molecule has 1 aliphatic carbocycles. The summed E-state index contributed by atoms with van der Waals surface area (Å²) in [6, 6.07) is 13.2. The van der Waals surface area contributed by atoms with Crippen molar-refractivity contribution in [1.29, 1.82) is 0 Å². The Morgan fingerprint density at radius 1 is 0.939 bits per heavy atom. The average Bonchev–Trinajstić information content (AvgIpc) is 3.26. The fourth-order valence-corrected chi connectivity index (χ4v) is 5.08. The monoisotopic (exact) mass is 449 g/mol. The first kappa shape index (κ1) is 22.8. The lowest BCUT2D eigenvalue weighted by molar-refractivity contribution is -0.00912. The van der Waals surface area contributed by atoms with Gasteiger partial charge in [-0.05, 0) is 80.5 Å². The van der Waals surface area contributed by atoms with Crippen molar-refractivity contribution < 1.29 is 9.47 Å². The highest BCUT2D eigenvalue weighted by atomic mass is 16.5. The van der Waals surface area contributed by atoms with Crippen LogP contribution < -0.4 is 5.32 Å². The van der Waals surface area contributed by atoms with Gasteiger partial charge in [-0.3, -0.25) is 4.90 Å². The number of pyridine rings is 1. The summed E-state index contributed by atoms with van der Waals surface area (Å²) in [4.78, 5) is 7.35. The molecule has 1 atom stereocenters. The number of anilines is 1. The largest absolute Gasteiger partial charge is 0.377 e. The average molecular weight is 450 g/mol.